The molecular weight excluding hydrogens is 460 g/mol. The van der Waals surface area contributed by atoms with E-state index in [1.807, 2.05) is 31.2 Å². The first-order chi connectivity index (χ1) is 15.8. The summed E-state index contributed by atoms with van der Waals surface area (Å²) in [5, 5.41) is 13.9. The highest BCUT2D eigenvalue weighted by Gasteiger charge is 2.31. The third kappa shape index (κ3) is 6.77. The van der Waals surface area contributed by atoms with E-state index in [0.717, 1.165) is 27.8 Å². The van der Waals surface area contributed by atoms with Crippen molar-refractivity contribution < 1.29 is 22.9 Å². The van der Waals surface area contributed by atoms with Crippen molar-refractivity contribution in [3.05, 3.63) is 69.3 Å². The van der Waals surface area contributed by atoms with E-state index in [1.54, 1.807) is 20.8 Å². The summed E-state index contributed by atoms with van der Waals surface area (Å²) in [6, 6.07) is 10.4. The number of carbonyl (C=O) groups excluding carboxylic acids is 2. The van der Waals surface area contributed by atoms with Gasteiger partial charge in [-0.1, -0.05) is 35.9 Å². The molecule has 184 valence electrons. The Morgan fingerprint density at radius 3 is 2.26 bits per heavy atom. The summed E-state index contributed by atoms with van der Waals surface area (Å²) >= 11 is 0. The molecule has 2 aromatic carbocycles. The summed E-state index contributed by atoms with van der Waals surface area (Å²) in [5.74, 6) is -0.990. The second kappa shape index (κ2) is 11.1. The van der Waals surface area contributed by atoms with E-state index in [9.17, 15) is 28.1 Å². The molecule has 0 aliphatic rings. The zero-order valence-electron chi connectivity index (χ0n) is 19.9. The van der Waals surface area contributed by atoms with Gasteiger partial charge in [0, 0.05) is 25.2 Å². The standard InChI is InChI=1S/C23H30N4O6S/c1-6-24-23(29)18(4)25(14-19-10-7-16(2)8-11-19)22(28)15-26(34(5,32)33)21-13-20(27(30)31)12-9-17(21)3/h7-13,18H,6,14-15H2,1-5H3,(H,24,29)/t18-/m0/s1. The van der Waals surface area contributed by atoms with E-state index in [4.69, 9.17) is 0 Å². The molecule has 0 aliphatic carbocycles. The van der Waals surface area contributed by atoms with Crippen molar-refractivity contribution in [3.8, 4) is 0 Å². The lowest BCUT2D eigenvalue weighted by Gasteiger charge is -2.31. The van der Waals surface area contributed by atoms with Gasteiger partial charge in [-0.25, -0.2) is 8.42 Å². The molecule has 10 nitrogen and oxygen atoms in total. The van der Waals surface area contributed by atoms with Gasteiger partial charge in [0.25, 0.3) is 5.69 Å². The Bertz CT molecular complexity index is 1160. The van der Waals surface area contributed by atoms with Gasteiger partial charge in [0.15, 0.2) is 0 Å². The van der Waals surface area contributed by atoms with Crippen LogP contribution in [0.2, 0.25) is 0 Å². The summed E-state index contributed by atoms with van der Waals surface area (Å²) in [6.45, 7) is 6.70. The first kappa shape index (κ1) is 26.8. The smallest absolute Gasteiger partial charge is 0.271 e. The molecule has 2 aromatic rings. The minimum atomic E-state index is -3.98. The Morgan fingerprint density at radius 1 is 1.12 bits per heavy atom. The maximum atomic E-state index is 13.4. The van der Waals surface area contributed by atoms with Gasteiger partial charge >= 0.3 is 0 Å². The lowest BCUT2D eigenvalue weighted by Crippen LogP contribution is -2.51. The molecule has 0 aliphatic heterocycles. The SMILES string of the molecule is CCNC(=O)[C@H](C)N(Cc1ccc(C)cc1)C(=O)CN(c1cc([N+](=O)[O-])ccc1C)S(C)(=O)=O. The number of hydrogen-bond acceptors (Lipinski definition) is 6. The third-order valence-corrected chi connectivity index (χ3v) is 6.47. The molecule has 0 heterocycles. The lowest BCUT2D eigenvalue weighted by molar-refractivity contribution is -0.384. The Balaban J connectivity index is 2.46. The Labute approximate surface area is 199 Å². The fourth-order valence-corrected chi connectivity index (χ4v) is 4.27. The number of nitro benzene ring substituents is 1. The van der Waals surface area contributed by atoms with Crippen molar-refractivity contribution in [2.45, 2.75) is 40.3 Å². The highest BCUT2D eigenvalue weighted by atomic mass is 32.2. The van der Waals surface area contributed by atoms with Crippen LogP contribution < -0.4 is 9.62 Å². The lowest BCUT2D eigenvalue weighted by atomic mass is 10.1. The summed E-state index contributed by atoms with van der Waals surface area (Å²) in [4.78, 5) is 37.9. The molecule has 2 amide bonds. The van der Waals surface area contributed by atoms with Crippen LogP contribution in [0.15, 0.2) is 42.5 Å². The van der Waals surface area contributed by atoms with Gasteiger partial charge in [-0.3, -0.25) is 24.0 Å². The van der Waals surface area contributed by atoms with Gasteiger partial charge in [0.2, 0.25) is 21.8 Å². The minimum Gasteiger partial charge on any atom is -0.355 e. The van der Waals surface area contributed by atoms with Crippen LogP contribution in [0.1, 0.15) is 30.5 Å². The molecule has 0 bridgehead atoms. The summed E-state index contributed by atoms with van der Waals surface area (Å²) in [5.41, 5.74) is 1.99. The van der Waals surface area contributed by atoms with E-state index in [1.165, 1.54) is 17.0 Å². The van der Waals surface area contributed by atoms with Crippen LogP contribution in [0.3, 0.4) is 0 Å². The quantitative estimate of drug-likeness (QED) is 0.402. The zero-order valence-corrected chi connectivity index (χ0v) is 20.8. The molecule has 0 fully saturated rings. The van der Waals surface area contributed by atoms with Crippen LogP contribution >= 0.6 is 0 Å². The number of nitrogens with one attached hydrogen (secondary N) is 1. The molecule has 0 spiro atoms. The molecule has 34 heavy (non-hydrogen) atoms. The first-order valence-electron chi connectivity index (χ1n) is 10.7. The number of hydrogen-bond donors (Lipinski definition) is 1. The van der Waals surface area contributed by atoms with Crippen molar-refractivity contribution >= 4 is 33.2 Å². The second-order valence-electron chi connectivity index (χ2n) is 8.08. The topological polar surface area (TPSA) is 130 Å². The fourth-order valence-electron chi connectivity index (χ4n) is 3.37. The van der Waals surface area contributed by atoms with Crippen LogP contribution in [-0.2, 0) is 26.2 Å². The number of nitro groups is 1. The number of non-ortho nitro benzene ring substituents is 1. The van der Waals surface area contributed by atoms with Crippen LogP contribution in [0.5, 0.6) is 0 Å². The van der Waals surface area contributed by atoms with E-state index < -0.39 is 33.4 Å². The Morgan fingerprint density at radius 2 is 1.74 bits per heavy atom. The van der Waals surface area contributed by atoms with Crippen LogP contribution in [0, 0.1) is 24.0 Å². The molecule has 0 saturated carbocycles. The van der Waals surface area contributed by atoms with Gasteiger partial charge < -0.3 is 10.2 Å². The second-order valence-corrected chi connectivity index (χ2v) is 9.98. The molecule has 0 aromatic heterocycles. The average molecular weight is 491 g/mol. The van der Waals surface area contributed by atoms with Crippen molar-refractivity contribution in [3.63, 3.8) is 0 Å². The van der Waals surface area contributed by atoms with Gasteiger partial charge in [0.05, 0.1) is 16.9 Å². The molecule has 0 saturated heterocycles. The van der Waals surface area contributed by atoms with Crippen molar-refractivity contribution in [2.24, 2.45) is 0 Å². The molecule has 11 heteroatoms. The van der Waals surface area contributed by atoms with E-state index in [0.29, 0.717) is 12.1 Å². The number of carbonyl (C=O) groups is 2. The minimum absolute atomic E-state index is 0.0333. The molecular formula is C23H30N4O6S. The average Bonchev–Trinajstić information content (AvgIpc) is 2.76. The van der Waals surface area contributed by atoms with E-state index in [2.05, 4.69) is 5.32 Å². The maximum Gasteiger partial charge on any atom is 0.271 e. The largest absolute Gasteiger partial charge is 0.355 e. The third-order valence-electron chi connectivity index (χ3n) is 5.34. The van der Waals surface area contributed by atoms with Crippen LogP contribution in [-0.4, -0.2) is 55.4 Å². The zero-order chi connectivity index (χ0) is 25.6. The number of aryl methyl sites for hydroxylation is 2. The van der Waals surface area contributed by atoms with Crippen molar-refractivity contribution in [1.29, 1.82) is 0 Å². The molecule has 2 rings (SSSR count). The normalized spacial score (nSPS) is 12.0. The first-order valence-corrected chi connectivity index (χ1v) is 12.6. The highest BCUT2D eigenvalue weighted by molar-refractivity contribution is 7.92. The number of amides is 2. The molecule has 1 N–H and O–H groups in total. The van der Waals surface area contributed by atoms with Crippen molar-refractivity contribution in [2.75, 3.05) is 23.7 Å². The maximum absolute atomic E-state index is 13.4. The summed E-state index contributed by atoms with van der Waals surface area (Å²) in [7, 11) is -3.98. The fraction of sp³-hybridized carbons (Fsp3) is 0.391. The number of benzene rings is 2. The number of likely N-dealkylation sites (N-methyl/N-ethyl adjacent to an activating group) is 1. The number of rotatable bonds is 10. The molecule has 1 atom stereocenters. The molecule has 0 unspecified atom stereocenters. The van der Waals surface area contributed by atoms with Crippen molar-refractivity contribution in [1.82, 2.24) is 10.2 Å². The van der Waals surface area contributed by atoms with Crippen LogP contribution in [0.4, 0.5) is 11.4 Å². The van der Waals surface area contributed by atoms with E-state index in [-0.39, 0.29) is 23.8 Å². The van der Waals surface area contributed by atoms with Crippen LogP contribution in [0.25, 0.3) is 0 Å². The highest BCUT2D eigenvalue weighted by Crippen LogP contribution is 2.28. The molecule has 0 radical (unpaired) electrons. The number of anilines is 1. The number of nitrogens with zero attached hydrogens (tertiary/aromatic N) is 3. The van der Waals surface area contributed by atoms with E-state index >= 15 is 0 Å². The van der Waals surface area contributed by atoms with Gasteiger partial charge in [-0.15, -0.1) is 0 Å². The van der Waals surface area contributed by atoms with Gasteiger partial charge in [-0.2, -0.15) is 0 Å². The number of sulfonamides is 1. The monoisotopic (exact) mass is 490 g/mol. The summed E-state index contributed by atoms with van der Waals surface area (Å²) < 4.78 is 26.1. The Hall–Kier alpha value is -3.47. The van der Waals surface area contributed by atoms with Gasteiger partial charge in [0.1, 0.15) is 12.6 Å². The predicted octanol–water partition coefficient (Wildman–Crippen LogP) is 2.53. The van der Waals surface area contributed by atoms with Gasteiger partial charge in [-0.05, 0) is 38.8 Å². The Kier molecular flexibility index (Phi) is 8.74. The predicted molar refractivity (Wildman–Crippen MR) is 130 cm³/mol. The summed E-state index contributed by atoms with van der Waals surface area (Å²) in [6.07, 6.45) is 0.927.